The van der Waals surface area contributed by atoms with Crippen LogP contribution in [0.25, 0.3) is 0 Å². The second-order valence-electron chi connectivity index (χ2n) is 5.84. The number of nitrogens with zero attached hydrogens (tertiary/aromatic N) is 3. The molecule has 0 amide bonds. The molecule has 0 saturated carbocycles. The van der Waals surface area contributed by atoms with E-state index >= 15 is 0 Å². The summed E-state index contributed by atoms with van der Waals surface area (Å²) >= 11 is 3.56. The second-order valence-corrected chi connectivity index (χ2v) is 6.70. The molecule has 2 heterocycles. The summed E-state index contributed by atoms with van der Waals surface area (Å²) in [5.41, 5.74) is 2.47. The van der Waals surface area contributed by atoms with E-state index < -0.39 is 0 Å². The number of pyridine rings is 1. The minimum absolute atomic E-state index is 0.883. The van der Waals surface area contributed by atoms with E-state index in [4.69, 9.17) is 4.74 Å². The van der Waals surface area contributed by atoms with E-state index in [2.05, 4.69) is 55.0 Å². The Morgan fingerprint density at radius 3 is 2.39 bits per heavy atom. The Morgan fingerprint density at radius 1 is 1.04 bits per heavy atom. The van der Waals surface area contributed by atoms with Crippen LogP contribution in [-0.2, 0) is 13.1 Å². The van der Waals surface area contributed by atoms with Crippen LogP contribution in [0.2, 0.25) is 0 Å². The van der Waals surface area contributed by atoms with E-state index in [1.807, 2.05) is 18.3 Å². The van der Waals surface area contributed by atoms with Gasteiger partial charge in [0.15, 0.2) is 0 Å². The van der Waals surface area contributed by atoms with Crippen molar-refractivity contribution in [2.45, 2.75) is 13.1 Å². The third-order valence-electron chi connectivity index (χ3n) is 4.20. The van der Waals surface area contributed by atoms with Crippen molar-refractivity contribution in [3.63, 3.8) is 0 Å². The maximum absolute atomic E-state index is 5.29. The Morgan fingerprint density at radius 2 is 1.78 bits per heavy atom. The minimum Gasteiger partial charge on any atom is -0.496 e. The van der Waals surface area contributed by atoms with Crippen molar-refractivity contribution in [1.29, 1.82) is 0 Å². The molecule has 1 aliphatic rings. The summed E-state index contributed by atoms with van der Waals surface area (Å²) in [6, 6.07) is 12.4. The molecule has 23 heavy (non-hydrogen) atoms. The Labute approximate surface area is 146 Å². The molecule has 122 valence electrons. The highest BCUT2D eigenvalue weighted by atomic mass is 79.9. The van der Waals surface area contributed by atoms with Crippen molar-refractivity contribution in [2.75, 3.05) is 33.3 Å². The molecule has 0 aliphatic carbocycles. The Balaban J connectivity index is 1.50. The smallest absolute Gasteiger partial charge is 0.133 e. The lowest BCUT2D eigenvalue weighted by molar-refractivity contribution is 0.121. The fraction of sp³-hybridized carbons (Fsp3) is 0.389. The molecule has 0 radical (unpaired) electrons. The van der Waals surface area contributed by atoms with Crippen LogP contribution in [0, 0.1) is 0 Å². The average Bonchev–Trinajstić information content (AvgIpc) is 2.58. The van der Waals surface area contributed by atoms with Crippen LogP contribution in [0.5, 0.6) is 5.75 Å². The maximum atomic E-state index is 5.29. The van der Waals surface area contributed by atoms with Crippen LogP contribution in [0.1, 0.15) is 11.3 Å². The number of halogens is 1. The standard InChI is InChI=1S/C18H22BrN3O/c1-23-18-6-5-15(12-17(18)19)13-21-8-10-22(11-9-21)14-16-4-2-3-7-20-16/h2-7,12H,8-11,13-14H2,1H3. The van der Waals surface area contributed by atoms with Crippen LogP contribution in [0.4, 0.5) is 0 Å². The number of hydrogen-bond acceptors (Lipinski definition) is 4. The van der Waals surface area contributed by atoms with Crippen molar-refractivity contribution in [3.05, 3.63) is 58.3 Å². The molecule has 1 aliphatic heterocycles. The average molecular weight is 376 g/mol. The van der Waals surface area contributed by atoms with Crippen molar-refractivity contribution in [3.8, 4) is 5.75 Å². The Hall–Kier alpha value is -1.43. The summed E-state index contributed by atoms with van der Waals surface area (Å²) in [6.45, 7) is 6.30. The van der Waals surface area contributed by atoms with E-state index in [1.54, 1.807) is 7.11 Å². The summed E-state index contributed by atoms with van der Waals surface area (Å²) in [7, 11) is 1.70. The van der Waals surface area contributed by atoms with Crippen LogP contribution in [-0.4, -0.2) is 48.1 Å². The molecule has 0 N–H and O–H groups in total. The van der Waals surface area contributed by atoms with Gasteiger partial charge in [0.05, 0.1) is 17.3 Å². The van der Waals surface area contributed by atoms with Gasteiger partial charge in [0.25, 0.3) is 0 Å². The SMILES string of the molecule is COc1ccc(CN2CCN(Cc3ccccn3)CC2)cc1Br. The molecule has 1 aromatic carbocycles. The molecular weight excluding hydrogens is 354 g/mol. The van der Waals surface area contributed by atoms with Crippen molar-refractivity contribution >= 4 is 15.9 Å². The number of ether oxygens (including phenoxy) is 1. The summed E-state index contributed by atoms with van der Waals surface area (Å²) < 4.78 is 6.31. The van der Waals surface area contributed by atoms with Gasteiger partial charge < -0.3 is 4.74 Å². The summed E-state index contributed by atoms with van der Waals surface area (Å²) in [5, 5.41) is 0. The van der Waals surface area contributed by atoms with Gasteiger partial charge in [-0.05, 0) is 45.8 Å². The highest BCUT2D eigenvalue weighted by Gasteiger charge is 2.17. The summed E-state index contributed by atoms with van der Waals surface area (Å²) in [5.74, 6) is 0.883. The van der Waals surface area contributed by atoms with Crippen LogP contribution >= 0.6 is 15.9 Å². The van der Waals surface area contributed by atoms with E-state index in [-0.39, 0.29) is 0 Å². The molecule has 0 spiro atoms. The molecule has 0 bridgehead atoms. The lowest BCUT2D eigenvalue weighted by Crippen LogP contribution is -2.45. The third kappa shape index (κ3) is 4.53. The molecular formula is C18H22BrN3O. The monoisotopic (exact) mass is 375 g/mol. The molecule has 3 rings (SSSR count). The van der Waals surface area contributed by atoms with Gasteiger partial charge in [-0.3, -0.25) is 14.8 Å². The number of benzene rings is 1. The Bertz CT molecular complexity index is 627. The molecule has 4 nitrogen and oxygen atoms in total. The molecule has 1 saturated heterocycles. The number of hydrogen-bond donors (Lipinski definition) is 0. The first-order valence-corrected chi connectivity index (χ1v) is 8.71. The van der Waals surface area contributed by atoms with Gasteiger partial charge in [0.1, 0.15) is 5.75 Å². The van der Waals surface area contributed by atoms with Crippen molar-refractivity contribution < 1.29 is 4.74 Å². The first-order valence-electron chi connectivity index (χ1n) is 7.91. The van der Waals surface area contributed by atoms with E-state index in [1.165, 1.54) is 5.56 Å². The number of rotatable bonds is 5. The summed E-state index contributed by atoms with van der Waals surface area (Å²) in [4.78, 5) is 9.39. The van der Waals surface area contributed by atoms with Gasteiger partial charge in [-0.1, -0.05) is 12.1 Å². The van der Waals surface area contributed by atoms with Crippen molar-refractivity contribution in [2.24, 2.45) is 0 Å². The zero-order chi connectivity index (χ0) is 16.1. The second kappa shape index (κ2) is 7.90. The maximum Gasteiger partial charge on any atom is 0.133 e. The first-order chi connectivity index (χ1) is 11.2. The molecule has 1 fully saturated rings. The normalized spacial score (nSPS) is 16.4. The highest BCUT2D eigenvalue weighted by Crippen LogP contribution is 2.26. The van der Waals surface area contributed by atoms with Gasteiger partial charge in [0, 0.05) is 45.5 Å². The fourth-order valence-corrected chi connectivity index (χ4v) is 3.48. The van der Waals surface area contributed by atoms with Gasteiger partial charge >= 0.3 is 0 Å². The number of aromatic nitrogens is 1. The molecule has 2 aromatic rings. The van der Waals surface area contributed by atoms with Gasteiger partial charge in [-0.25, -0.2) is 0 Å². The van der Waals surface area contributed by atoms with E-state index in [0.717, 1.165) is 55.2 Å². The Kier molecular flexibility index (Phi) is 5.65. The zero-order valence-electron chi connectivity index (χ0n) is 13.4. The molecule has 1 aromatic heterocycles. The predicted octanol–water partition coefficient (Wildman–Crippen LogP) is 3.17. The molecule has 0 unspecified atom stereocenters. The molecule has 0 atom stereocenters. The van der Waals surface area contributed by atoms with Gasteiger partial charge in [-0.2, -0.15) is 0 Å². The lowest BCUT2D eigenvalue weighted by atomic mass is 10.2. The van der Waals surface area contributed by atoms with Crippen molar-refractivity contribution in [1.82, 2.24) is 14.8 Å². The minimum atomic E-state index is 0.883. The lowest BCUT2D eigenvalue weighted by Gasteiger charge is -2.34. The van der Waals surface area contributed by atoms with E-state index in [0.29, 0.717) is 0 Å². The van der Waals surface area contributed by atoms with Crippen LogP contribution in [0.15, 0.2) is 47.1 Å². The number of methoxy groups -OCH3 is 1. The quantitative estimate of drug-likeness (QED) is 0.802. The highest BCUT2D eigenvalue weighted by molar-refractivity contribution is 9.10. The van der Waals surface area contributed by atoms with Gasteiger partial charge in [-0.15, -0.1) is 0 Å². The zero-order valence-corrected chi connectivity index (χ0v) is 15.0. The predicted molar refractivity (Wildman–Crippen MR) is 95.5 cm³/mol. The van der Waals surface area contributed by atoms with Crippen LogP contribution in [0.3, 0.4) is 0 Å². The number of piperazine rings is 1. The summed E-state index contributed by atoms with van der Waals surface area (Å²) in [6.07, 6.45) is 1.87. The molecule has 5 heteroatoms. The largest absolute Gasteiger partial charge is 0.496 e. The fourth-order valence-electron chi connectivity index (χ4n) is 2.89. The third-order valence-corrected chi connectivity index (χ3v) is 4.82. The van der Waals surface area contributed by atoms with E-state index in [9.17, 15) is 0 Å². The van der Waals surface area contributed by atoms with Gasteiger partial charge in [0.2, 0.25) is 0 Å². The topological polar surface area (TPSA) is 28.6 Å². The van der Waals surface area contributed by atoms with Crippen LogP contribution < -0.4 is 4.74 Å². The first kappa shape index (κ1) is 16.4.